The maximum Gasteiger partial charge on any atom is 0.349 e. The lowest BCUT2D eigenvalue weighted by Gasteiger charge is -2.12. The molecule has 2 aromatic carbocycles. The van der Waals surface area contributed by atoms with Crippen LogP contribution in [0.2, 0.25) is 10.0 Å². The van der Waals surface area contributed by atoms with E-state index in [1.165, 1.54) is 12.1 Å². The molecule has 0 aliphatic carbocycles. The number of halogens is 2. The van der Waals surface area contributed by atoms with Crippen molar-refractivity contribution in [1.29, 1.82) is 5.26 Å². The lowest BCUT2D eigenvalue weighted by molar-refractivity contribution is 0.483. The van der Waals surface area contributed by atoms with Crippen molar-refractivity contribution in [3.63, 3.8) is 0 Å². The van der Waals surface area contributed by atoms with Crippen LogP contribution in [0.25, 0.3) is 16.6 Å². The molecule has 0 radical (unpaired) electrons. The summed E-state index contributed by atoms with van der Waals surface area (Å²) in [6, 6.07) is 9.80. The molecular weight excluding hydrogens is 443 g/mol. The molecule has 0 saturated carbocycles. The third-order valence-corrected chi connectivity index (χ3v) is 5.08. The summed E-state index contributed by atoms with van der Waals surface area (Å²) in [4.78, 5) is 25.7. The molecule has 0 bridgehead atoms. The highest BCUT2D eigenvalue weighted by Gasteiger charge is 2.16. The Morgan fingerprint density at radius 1 is 1.16 bits per heavy atom. The third-order valence-electron chi connectivity index (χ3n) is 4.51. The first-order valence-electron chi connectivity index (χ1n) is 9.07. The van der Waals surface area contributed by atoms with E-state index in [4.69, 9.17) is 33.2 Å². The molecule has 4 rings (SSSR count). The average Bonchev–Trinajstić information content (AvgIpc) is 3.14. The lowest BCUT2D eigenvalue weighted by atomic mass is 10.1. The Bertz CT molecular complexity index is 1460. The first kappa shape index (κ1) is 20.7. The zero-order valence-electron chi connectivity index (χ0n) is 16.2. The van der Waals surface area contributed by atoms with E-state index in [9.17, 15) is 9.59 Å². The Morgan fingerprint density at radius 3 is 2.52 bits per heavy atom. The molecule has 0 amide bonds. The van der Waals surface area contributed by atoms with Crippen molar-refractivity contribution in [3.8, 4) is 23.3 Å². The SMILES string of the molecule is CC(C)c1[nH]nc2ccc(Oc3c(Cl)cc(-n4nc(C#N)c(=O)[nH]c4=O)cc3Cl)cc12. The summed E-state index contributed by atoms with van der Waals surface area (Å²) in [5, 5.41) is 21.2. The van der Waals surface area contributed by atoms with Crippen LogP contribution in [0, 0.1) is 11.3 Å². The molecule has 0 spiro atoms. The second-order valence-corrected chi connectivity index (χ2v) is 7.76. The summed E-state index contributed by atoms with van der Waals surface area (Å²) in [6.07, 6.45) is 0. The number of H-pyrrole nitrogens is 2. The highest BCUT2D eigenvalue weighted by atomic mass is 35.5. The average molecular weight is 457 g/mol. The molecule has 2 heterocycles. The van der Waals surface area contributed by atoms with Gasteiger partial charge in [0.05, 0.1) is 21.2 Å². The first-order valence-corrected chi connectivity index (χ1v) is 9.83. The summed E-state index contributed by atoms with van der Waals surface area (Å²) in [7, 11) is 0. The van der Waals surface area contributed by atoms with Gasteiger partial charge in [0.1, 0.15) is 11.8 Å². The van der Waals surface area contributed by atoms with Gasteiger partial charge in [-0.25, -0.2) is 4.79 Å². The molecular formula is C20H14Cl2N6O3. The van der Waals surface area contributed by atoms with Crippen molar-refractivity contribution in [3.05, 3.63) is 72.6 Å². The zero-order chi connectivity index (χ0) is 22.3. The minimum absolute atomic E-state index is 0.109. The first-order chi connectivity index (χ1) is 14.8. The summed E-state index contributed by atoms with van der Waals surface area (Å²) in [5.74, 6) is 0.922. The Morgan fingerprint density at radius 2 is 1.87 bits per heavy atom. The Balaban J connectivity index is 1.75. The van der Waals surface area contributed by atoms with E-state index in [1.807, 2.05) is 17.1 Å². The summed E-state index contributed by atoms with van der Waals surface area (Å²) < 4.78 is 6.74. The van der Waals surface area contributed by atoms with Crippen LogP contribution >= 0.6 is 23.2 Å². The van der Waals surface area contributed by atoms with Crippen LogP contribution in [0.1, 0.15) is 31.2 Å². The number of nitrogens with zero attached hydrogens (tertiary/aromatic N) is 4. The molecule has 2 aromatic heterocycles. The van der Waals surface area contributed by atoms with Gasteiger partial charge in [-0.3, -0.25) is 14.9 Å². The number of fused-ring (bicyclic) bond motifs is 1. The van der Waals surface area contributed by atoms with Crippen LogP contribution in [0.3, 0.4) is 0 Å². The molecule has 0 unspecified atom stereocenters. The van der Waals surface area contributed by atoms with Crippen LogP contribution < -0.4 is 16.0 Å². The van der Waals surface area contributed by atoms with Crippen molar-refractivity contribution in [2.45, 2.75) is 19.8 Å². The normalized spacial score (nSPS) is 11.1. The maximum absolute atomic E-state index is 12.1. The molecule has 0 saturated heterocycles. The van der Waals surface area contributed by atoms with Gasteiger partial charge in [-0.05, 0) is 36.2 Å². The van der Waals surface area contributed by atoms with Crippen molar-refractivity contribution >= 4 is 34.1 Å². The predicted octanol–water partition coefficient (Wildman–Crippen LogP) is 3.89. The van der Waals surface area contributed by atoms with Crippen LogP contribution in [-0.4, -0.2) is 25.0 Å². The number of nitrogens with one attached hydrogen (secondary N) is 2. The summed E-state index contributed by atoms with van der Waals surface area (Å²) in [5.41, 5.74) is -0.244. The fourth-order valence-electron chi connectivity index (χ4n) is 3.05. The molecule has 0 aliphatic rings. The quantitative estimate of drug-likeness (QED) is 0.478. The van der Waals surface area contributed by atoms with Gasteiger partial charge in [-0.1, -0.05) is 37.0 Å². The third kappa shape index (κ3) is 3.79. The number of aromatic amines is 2. The topological polar surface area (TPSA) is 129 Å². The second-order valence-electron chi connectivity index (χ2n) is 6.94. The van der Waals surface area contributed by atoms with Crippen LogP contribution in [0.5, 0.6) is 11.5 Å². The van der Waals surface area contributed by atoms with E-state index in [1.54, 1.807) is 12.1 Å². The van der Waals surface area contributed by atoms with Gasteiger partial charge in [-0.2, -0.15) is 15.0 Å². The van der Waals surface area contributed by atoms with Gasteiger partial charge < -0.3 is 4.74 Å². The second kappa shape index (κ2) is 7.91. The van der Waals surface area contributed by atoms with Gasteiger partial charge in [0.25, 0.3) is 5.56 Å². The molecule has 9 nitrogen and oxygen atoms in total. The van der Waals surface area contributed by atoms with E-state index in [-0.39, 0.29) is 27.4 Å². The maximum atomic E-state index is 12.1. The van der Waals surface area contributed by atoms with Crippen molar-refractivity contribution in [2.24, 2.45) is 0 Å². The van der Waals surface area contributed by atoms with Gasteiger partial charge >= 0.3 is 5.69 Å². The zero-order valence-corrected chi connectivity index (χ0v) is 17.7. The number of benzene rings is 2. The van der Waals surface area contributed by atoms with Crippen molar-refractivity contribution < 1.29 is 4.74 Å². The molecule has 4 aromatic rings. The predicted molar refractivity (Wildman–Crippen MR) is 115 cm³/mol. The van der Waals surface area contributed by atoms with E-state index >= 15 is 0 Å². The van der Waals surface area contributed by atoms with E-state index in [0.717, 1.165) is 21.3 Å². The number of hydrogen-bond acceptors (Lipinski definition) is 6. The summed E-state index contributed by atoms with van der Waals surface area (Å²) in [6.45, 7) is 4.11. The van der Waals surface area contributed by atoms with Crippen LogP contribution in [-0.2, 0) is 0 Å². The van der Waals surface area contributed by atoms with Crippen molar-refractivity contribution in [2.75, 3.05) is 0 Å². The minimum atomic E-state index is -0.878. The highest BCUT2D eigenvalue weighted by molar-refractivity contribution is 6.37. The minimum Gasteiger partial charge on any atom is -0.454 e. The molecule has 11 heteroatoms. The van der Waals surface area contributed by atoms with Crippen molar-refractivity contribution in [1.82, 2.24) is 25.0 Å². The van der Waals surface area contributed by atoms with E-state index in [2.05, 4.69) is 29.1 Å². The molecule has 31 heavy (non-hydrogen) atoms. The molecule has 156 valence electrons. The number of hydrogen-bond donors (Lipinski definition) is 2. The fourth-order valence-corrected chi connectivity index (χ4v) is 3.60. The molecule has 0 fully saturated rings. The largest absolute Gasteiger partial charge is 0.454 e. The van der Waals surface area contributed by atoms with Gasteiger partial charge in [0.2, 0.25) is 5.69 Å². The molecule has 0 atom stereocenters. The molecule has 0 aliphatic heterocycles. The Hall–Kier alpha value is -3.61. The van der Waals surface area contributed by atoms with Gasteiger partial charge in [0, 0.05) is 11.1 Å². The Labute approximate surface area is 184 Å². The number of nitriles is 1. The summed E-state index contributed by atoms with van der Waals surface area (Å²) >= 11 is 12.7. The van der Waals surface area contributed by atoms with E-state index < -0.39 is 16.9 Å². The number of rotatable bonds is 4. The van der Waals surface area contributed by atoms with Gasteiger partial charge in [0.15, 0.2) is 5.75 Å². The van der Waals surface area contributed by atoms with Crippen LogP contribution in [0.4, 0.5) is 0 Å². The smallest absolute Gasteiger partial charge is 0.349 e. The molecule has 2 N–H and O–H groups in total. The standard InChI is InChI=1S/C20H14Cl2N6O3/c1-9(2)17-12-7-11(3-4-15(12)25-26-17)31-18-13(21)5-10(6-14(18)22)28-20(30)24-19(29)16(8-23)27-28/h3-7,9H,1-2H3,(H,25,26)(H,24,29,30). The number of aromatic nitrogens is 5. The highest BCUT2D eigenvalue weighted by Crippen LogP contribution is 2.39. The monoisotopic (exact) mass is 456 g/mol. The van der Waals surface area contributed by atoms with E-state index in [0.29, 0.717) is 5.75 Å². The number of ether oxygens (including phenoxy) is 1. The fraction of sp³-hybridized carbons (Fsp3) is 0.150. The Kier molecular flexibility index (Phi) is 5.27. The van der Waals surface area contributed by atoms with Gasteiger partial charge in [-0.15, -0.1) is 5.10 Å². The lowest BCUT2D eigenvalue weighted by Crippen LogP contribution is -2.33. The van der Waals surface area contributed by atoms with Crippen LogP contribution in [0.15, 0.2) is 39.9 Å².